The fourth-order valence-corrected chi connectivity index (χ4v) is 3.86. The van der Waals surface area contributed by atoms with E-state index >= 15 is 0 Å². The van der Waals surface area contributed by atoms with Gasteiger partial charge in [0.2, 0.25) is 0 Å². The Morgan fingerprint density at radius 3 is 1.31 bits per heavy atom. The van der Waals surface area contributed by atoms with Crippen molar-refractivity contribution in [1.82, 2.24) is 15.0 Å². The highest BCUT2D eigenvalue weighted by atomic mass is 16.4. The molecule has 0 amide bonds. The zero-order valence-electron chi connectivity index (χ0n) is 19.6. The van der Waals surface area contributed by atoms with Gasteiger partial charge in [0.25, 0.3) is 0 Å². The van der Waals surface area contributed by atoms with Crippen molar-refractivity contribution < 1.29 is 10.0 Å². The van der Waals surface area contributed by atoms with Crippen LogP contribution in [0.4, 0.5) is 0 Å². The number of hydrogen-bond donors (Lipinski definition) is 2. The number of benzene rings is 4. The maximum atomic E-state index is 9.49. The lowest BCUT2D eigenvalue weighted by Crippen LogP contribution is -2.29. The average Bonchev–Trinajstić information content (AvgIpc) is 2.89. The second-order valence-corrected chi connectivity index (χ2v) is 8.61. The summed E-state index contributed by atoms with van der Waals surface area (Å²) in [5, 5.41) is 19.0. The van der Waals surface area contributed by atoms with Crippen LogP contribution >= 0.6 is 0 Å². The van der Waals surface area contributed by atoms with Gasteiger partial charge in [-0.25, -0.2) is 15.0 Å². The summed E-state index contributed by atoms with van der Waals surface area (Å²) >= 11 is 0. The van der Waals surface area contributed by atoms with Gasteiger partial charge in [0.05, 0.1) is 0 Å². The summed E-state index contributed by atoms with van der Waals surface area (Å²) in [4.78, 5) is 14.4. The lowest BCUT2D eigenvalue weighted by molar-refractivity contribution is 0.426. The van der Waals surface area contributed by atoms with E-state index < -0.39 is 7.12 Å². The molecule has 0 radical (unpaired) electrons. The van der Waals surface area contributed by atoms with Gasteiger partial charge in [0.1, 0.15) is 0 Å². The number of aryl methyl sites for hydroxylation is 2. The molecule has 0 aliphatic heterocycles. The minimum atomic E-state index is -1.50. The third-order valence-electron chi connectivity index (χ3n) is 5.92. The van der Waals surface area contributed by atoms with E-state index in [9.17, 15) is 10.0 Å². The Hall–Kier alpha value is -4.13. The first-order valence-corrected chi connectivity index (χ1v) is 11.4. The maximum Gasteiger partial charge on any atom is 0.488 e. The van der Waals surface area contributed by atoms with Crippen LogP contribution in [0.2, 0.25) is 0 Å². The van der Waals surface area contributed by atoms with Gasteiger partial charge in [-0.15, -0.1) is 0 Å². The molecule has 0 aliphatic rings. The summed E-state index contributed by atoms with van der Waals surface area (Å²) in [7, 11) is -1.50. The van der Waals surface area contributed by atoms with Crippen LogP contribution in [-0.2, 0) is 0 Å². The highest BCUT2D eigenvalue weighted by molar-refractivity contribution is 6.58. The molecule has 5 nitrogen and oxygen atoms in total. The molecule has 0 unspecified atom stereocenters. The van der Waals surface area contributed by atoms with Gasteiger partial charge in [-0.2, -0.15) is 0 Å². The van der Waals surface area contributed by atoms with Gasteiger partial charge in [0, 0.05) is 16.7 Å². The topological polar surface area (TPSA) is 79.1 Å². The SMILES string of the molecule is Cc1ccc(-c2nc(-c3ccc(C)cc3)nc(-c3ccc(-c4cccc(B(O)O)c4)cc3)n2)cc1. The third kappa shape index (κ3) is 5.04. The number of rotatable bonds is 5. The van der Waals surface area contributed by atoms with E-state index in [4.69, 9.17) is 15.0 Å². The summed E-state index contributed by atoms with van der Waals surface area (Å²) < 4.78 is 0. The zero-order chi connectivity index (χ0) is 24.4. The van der Waals surface area contributed by atoms with E-state index in [2.05, 4.69) is 38.1 Å². The number of hydrogen-bond acceptors (Lipinski definition) is 5. The molecule has 4 aromatic carbocycles. The average molecular weight is 457 g/mol. The largest absolute Gasteiger partial charge is 0.488 e. The van der Waals surface area contributed by atoms with Crippen LogP contribution in [-0.4, -0.2) is 32.1 Å². The molecule has 0 aliphatic carbocycles. The van der Waals surface area contributed by atoms with Crippen molar-refractivity contribution in [3.8, 4) is 45.3 Å². The molecule has 0 bridgehead atoms. The van der Waals surface area contributed by atoms with E-state index in [1.165, 1.54) is 11.1 Å². The minimum absolute atomic E-state index is 0.453. The summed E-state index contributed by atoms with van der Waals surface area (Å²) in [5.74, 6) is 1.84. The first-order chi connectivity index (χ1) is 17.0. The van der Waals surface area contributed by atoms with Crippen molar-refractivity contribution in [2.24, 2.45) is 0 Å². The van der Waals surface area contributed by atoms with Gasteiger partial charge in [0.15, 0.2) is 17.5 Å². The normalized spacial score (nSPS) is 10.9. The molecule has 2 N–H and O–H groups in total. The van der Waals surface area contributed by atoms with Crippen molar-refractivity contribution in [2.75, 3.05) is 0 Å². The Kier molecular flexibility index (Phi) is 6.23. The molecule has 0 saturated carbocycles. The lowest BCUT2D eigenvalue weighted by Gasteiger charge is -2.10. The summed E-state index contributed by atoms with van der Waals surface area (Å²) in [6.07, 6.45) is 0. The van der Waals surface area contributed by atoms with E-state index in [0.717, 1.165) is 27.8 Å². The molecule has 170 valence electrons. The predicted octanol–water partition coefficient (Wildman–Crippen LogP) is 4.84. The third-order valence-corrected chi connectivity index (χ3v) is 5.92. The van der Waals surface area contributed by atoms with Crippen LogP contribution in [0.25, 0.3) is 45.3 Å². The monoisotopic (exact) mass is 457 g/mol. The van der Waals surface area contributed by atoms with Crippen LogP contribution < -0.4 is 5.46 Å². The van der Waals surface area contributed by atoms with E-state index in [1.54, 1.807) is 12.1 Å². The highest BCUT2D eigenvalue weighted by Gasteiger charge is 2.14. The Bertz CT molecular complexity index is 1400. The Balaban J connectivity index is 1.57. The Morgan fingerprint density at radius 1 is 0.486 bits per heavy atom. The molecule has 35 heavy (non-hydrogen) atoms. The predicted molar refractivity (Wildman–Crippen MR) is 141 cm³/mol. The molecule has 0 spiro atoms. The standard InChI is InChI=1S/C29H24BN3O2/c1-19-6-10-22(11-7-19)27-31-28(23-12-8-20(2)9-13-23)33-29(32-27)24-16-14-21(15-17-24)25-4-3-5-26(18-25)30(34)35/h3-18,34-35H,1-2H3. The van der Waals surface area contributed by atoms with E-state index in [-0.39, 0.29) is 0 Å². The molecule has 5 rings (SSSR count). The zero-order valence-corrected chi connectivity index (χ0v) is 19.6. The molecule has 6 heteroatoms. The lowest BCUT2D eigenvalue weighted by atomic mass is 9.79. The van der Waals surface area contributed by atoms with Crippen LogP contribution in [0.3, 0.4) is 0 Å². The molecule has 1 heterocycles. The van der Waals surface area contributed by atoms with Crippen molar-refractivity contribution in [2.45, 2.75) is 13.8 Å². The summed E-state index contributed by atoms with van der Waals surface area (Å²) in [6, 6.07) is 31.4. The fourth-order valence-electron chi connectivity index (χ4n) is 3.86. The molecule has 0 fully saturated rings. The van der Waals surface area contributed by atoms with E-state index in [1.807, 2.05) is 60.7 Å². The fraction of sp³-hybridized carbons (Fsp3) is 0.0690. The second-order valence-electron chi connectivity index (χ2n) is 8.61. The Morgan fingerprint density at radius 2 is 0.886 bits per heavy atom. The van der Waals surface area contributed by atoms with Crippen molar-refractivity contribution in [1.29, 1.82) is 0 Å². The quantitative estimate of drug-likeness (QED) is 0.370. The van der Waals surface area contributed by atoms with Gasteiger partial charge >= 0.3 is 7.12 Å². The van der Waals surface area contributed by atoms with Gasteiger partial charge in [-0.05, 0) is 30.4 Å². The van der Waals surface area contributed by atoms with Gasteiger partial charge in [-0.3, -0.25) is 0 Å². The van der Waals surface area contributed by atoms with E-state index in [0.29, 0.717) is 22.9 Å². The van der Waals surface area contributed by atoms with Gasteiger partial charge in [-0.1, -0.05) is 108 Å². The van der Waals surface area contributed by atoms with Crippen molar-refractivity contribution >= 4 is 12.6 Å². The second kappa shape index (κ2) is 9.62. The molecule has 5 aromatic rings. The first kappa shape index (κ1) is 22.7. The number of nitrogens with zero attached hydrogens (tertiary/aromatic N) is 3. The van der Waals surface area contributed by atoms with Crippen LogP contribution in [0.5, 0.6) is 0 Å². The summed E-state index contributed by atoms with van der Waals surface area (Å²) in [5.41, 5.74) is 7.41. The smallest absolute Gasteiger partial charge is 0.423 e. The molecular weight excluding hydrogens is 433 g/mol. The minimum Gasteiger partial charge on any atom is -0.423 e. The highest BCUT2D eigenvalue weighted by Crippen LogP contribution is 2.27. The van der Waals surface area contributed by atoms with Crippen LogP contribution in [0, 0.1) is 13.8 Å². The molecule has 1 aromatic heterocycles. The van der Waals surface area contributed by atoms with Crippen LogP contribution in [0.1, 0.15) is 11.1 Å². The van der Waals surface area contributed by atoms with Crippen molar-refractivity contribution in [3.05, 3.63) is 108 Å². The van der Waals surface area contributed by atoms with Crippen LogP contribution in [0.15, 0.2) is 97.1 Å². The first-order valence-electron chi connectivity index (χ1n) is 11.4. The Labute approximate surface area is 205 Å². The molecule has 0 atom stereocenters. The molecular formula is C29H24BN3O2. The molecule has 0 saturated heterocycles. The maximum absolute atomic E-state index is 9.49. The number of aromatic nitrogens is 3. The summed E-state index contributed by atoms with van der Waals surface area (Å²) in [6.45, 7) is 4.11. The van der Waals surface area contributed by atoms with Gasteiger partial charge < -0.3 is 10.0 Å². The van der Waals surface area contributed by atoms with Crippen molar-refractivity contribution in [3.63, 3.8) is 0 Å².